The van der Waals surface area contributed by atoms with Gasteiger partial charge in [0.15, 0.2) is 0 Å². The Bertz CT molecular complexity index is 182. The Morgan fingerprint density at radius 2 is 1.07 bits per heavy atom. The van der Waals surface area contributed by atoms with Crippen molar-refractivity contribution in [1.82, 2.24) is 0 Å². The molecule has 0 heterocycles. The van der Waals surface area contributed by atoms with Crippen LogP contribution in [0, 0.1) is 0 Å². The summed E-state index contributed by atoms with van der Waals surface area (Å²) in [5.41, 5.74) is 0. The van der Waals surface area contributed by atoms with Gasteiger partial charge in [0.1, 0.15) is 0 Å². The molecule has 0 aromatic heterocycles. The molecule has 0 rings (SSSR count). The van der Waals surface area contributed by atoms with Gasteiger partial charge < -0.3 is 10.2 Å². The Kier molecular flexibility index (Phi) is 22.3. The summed E-state index contributed by atoms with van der Waals surface area (Å²) in [5, 5.41) is 15.6. The monoisotopic (exact) mass is 200 g/mol. The number of hydrogen-bond acceptors (Lipinski definition) is 2. The van der Waals surface area contributed by atoms with Crippen LogP contribution in [0.15, 0.2) is 37.5 Å². The zero-order chi connectivity index (χ0) is 12.0. The maximum absolute atomic E-state index is 9.55. The highest BCUT2D eigenvalue weighted by atomic mass is 16.4. The average Bonchev–Trinajstić information content (AvgIpc) is 2.04. The van der Waals surface area contributed by atoms with Crippen molar-refractivity contribution in [3.05, 3.63) is 37.5 Å². The second-order valence-corrected chi connectivity index (χ2v) is 1.83. The first-order valence-corrected chi connectivity index (χ1v) is 3.74. The highest BCUT2D eigenvalue weighted by Crippen LogP contribution is 1.70. The SMILES string of the molecule is C=CC.C=CC.O=C(O)/C=C\C(=O)O. The van der Waals surface area contributed by atoms with Crippen molar-refractivity contribution >= 4 is 11.9 Å². The third-order valence-corrected chi connectivity index (χ3v) is 0.368. The zero-order valence-corrected chi connectivity index (χ0v) is 8.43. The molecule has 14 heavy (non-hydrogen) atoms. The van der Waals surface area contributed by atoms with E-state index in [1.54, 1.807) is 12.2 Å². The highest BCUT2D eigenvalue weighted by Gasteiger charge is 1.88. The maximum atomic E-state index is 9.55. The van der Waals surface area contributed by atoms with Crippen molar-refractivity contribution in [1.29, 1.82) is 0 Å². The van der Waals surface area contributed by atoms with Crippen LogP contribution >= 0.6 is 0 Å². The predicted molar refractivity (Wildman–Crippen MR) is 56.2 cm³/mol. The van der Waals surface area contributed by atoms with Crippen molar-refractivity contribution in [2.75, 3.05) is 0 Å². The summed E-state index contributed by atoms with van der Waals surface area (Å²) in [6.45, 7) is 10.5. The van der Waals surface area contributed by atoms with E-state index in [0.717, 1.165) is 0 Å². The molecule has 0 atom stereocenters. The van der Waals surface area contributed by atoms with E-state index in [9.17, 15) is 9.59 Å². The molecule has 0 aromatic carbocycles. The molecule has 0 aliphatic carbocycles. The first-order valence-electron chi connectivity index (χ1n) is 3.74. The molecule has 0 saturated heterocycles. The fourth-order valence-electron chi connectivity index (χ4n) is 0.143. The van der Waals surface area contributed by atoms with Gasteiger partial charge >= 0.3 is 11.9 Å². The van der Waals surface area contributed by atoms with Crippen molar-refractivity contribution in [3.63, 3.8) is 0 Å². The number of carbonyl (C=O) groups is 2. The number of aliphatic carboxylic acids is 2. The Morgan fingerprint density at radius 1 is 0.929 bits per heavy atom. The van der Waals surface area contributed by atoms with E-state index < -0.39 is 11.9 Å². The lowest BCUT2D eigenvalue weighted by molar-refractivity contribution is -0.134. The molecule has 0 fully saturated rings. The molecular formula is C10H16O4. The molecule has 80 valence electrons. The van der Waals surface area contributed by atoms with E-state index in [1.807, 2.05) is 13.8 Å². The first-order chi connectivity index (χ1) is 6.45. The van der Waals surface area contributed by atoms with Crippen LogP contribution < -0.4 is 0 Å². The van der Waals surface area contributed by atoms with Crippen LogP contribution in [0.3, 0.4) is 0 Å². The number of hydrogen-bond donors (Lipinski definition) is 2. The van der Waals surface area contributed by atoms with Gasteiger partial charge in [-0.1, -0.05) is 12.2 Å². The van der Waals surface area contributed by atoms with Gasteiger partial charge in [-0.2, -0.15) is 0 Å². The second kappa shape index (κ2) is 17.3. The molecule has 0 spiro atoms. The van der Waals surface area contributed by atoms with Gasteiger partial charge in [-0.3, -0.25) is 0 Å². The molecular weight excluding hydrogens is 184 g/mol. The number of allylic oxidation sites excluding steroid dienone is 2. The topological polar surface area (TPSA) is 74.6 Å². The second-order valence-electron chi connectivity index (χ2n) is 1.83. The molecule has 0 aliphatic rings. The standard InChI is InChI=1S/C4H4O4.2C3H6/c5-3(6)1-2-4(7)8;2*1-3-2/h1-2H,(H,5,6)(H,7,8);2*3H,1H2,2H3/b2-1-;;. The quantitative estimate of drug-likeness (QED) is 0.528. The molecule has 2 N–H and O–H groups in total. The third-order valence-electron chi connectivity index (χ3n) is 0.368. The van der Waals surface area contributed by atoms with Crippen LogP contribution in [-0.2, 0) is 9.59 Å². The average molecular weight is 200 g/mol. The van der Waals surface area contributed by atoms with E-state index in [2.05, 4.69) is 13.2 Å². The van der Waals surface area contributed by atoms with Crippen molar-refractivity contribution in [2.24, 2.45) is 0 Å². The molecule has 0 amide bonds. The van der Waals surface area contributed by atoms with Gasteiger partial charge in [-0.05, 0) is 13.8 Å². The Morgan fingerprint density at radius 3 is 1.14 bits per heavy atom. The van der Waals surface area contributed by atoms with E-state index in [1.165, 1.54) is 0 Å². The minimum Gasteiger partial charge on any atom is -0.478 e. The summed E-state index contributed by atoms with van der Waals surface area (Å²) in [4.78, 5) is 19.1. The Balaban J connectivity index is -0.000000168. The summed E-state index contributed by atoms with van der Waals surface area (Å²) < 4.78 is 0. The molecule has 4 nitrogen and oxygen atoms in total. The first kappa shape index (κ1) is 18.0. The van der Waals surface area contributed by atoms with Crippen LogP contribution in [-0.4, -0.2) is 22.2 Å². The minimum atomic E-state index is -1.26. The van der Waals surface area contributed by atoms with E-state index in [-0.39, 0.29) is 0 Å². The zero-order valence-electron chi connectivity index (χ0n) is 8.43. The van der Waals surface area contributed by atoms with Gasteiger partial charge in [0, 0.05) is 12.2 Å². The number of rotatable bonds is 2. The normalized spacial score (nSPS) is 7.29. The maximum Gasteiger partial charge on any atom is 0.328 e. The molecule has 4 heteroatoms. The molecule has 0 saturated carbocycles. The summed E-state index contributed by atoms with van der Waals surface area (Å²) in [7, 11) is 0. The summed E-state index contributed by atoms with van der Waals surface area (Å²) in [5.74, 6) is -2.51. The summed E-state index contributed by atoms with van der Waals surface area (Å²) in [6.07, 6.45) is 4.62. The van der Waals surface area contributed by atoms with Gasteiger partial charge in [0.25, 0.3) is 0 Å². The fourth-order valence-corrected chi connectivity index (χ4v) is 0.143. The Labute approximate surface area is 83.9 Å². The van der Waals surface area contributed by atoms with E-state index >= 15 is 0 Å². The van der Waals surface area contributed by atoms with Crippen molar-refractivity contribution < 1.29 is 19.8 Å². The van der Waals surface area contributed by atoms with E-state index in [0.29, 0.717) is 12.2 Å². The van der Waals surface area contributed by atoms with Crippen LogP contribution in [0.4, 0.5) is 0 Å². The molecule has 0 radical (unpaired) electrons. The van der Waals surface area contributed by atoms with Gasteiger partial charge in [-0.15, -0.1) is 13.2 Å². The highest BCUT2D eigenvalue weighted by molar-refractivity contribution is 5.89. The lowest BCUT2D eigenvalue weighted by Gasteiger charge is -1.74. The van der Waals surface area contributed by atoms with Crippen LogP contribution in [0.5, 0.6) is 0 Å². The lowest BCUT2D eigenvalue weighted by atomic mass is 10.5. The molecule has 0 aromatic rings. The summed E-state index contributed by atoms with van der Waals surface area (Å²) >= 11 is 0. The molecule has 0 bridgehead atoms. The van der Waals surface area contributed by atoms with Crippen LogP contribution in [0.1, 0.15) is 13.8 Å². The molecule has 0 unspecified atom stereocenters. The lowest BCUT2D eigenvalue weighted by Crippen LogP contribution is -1.91. The third kappa shape index (κ3) is 85.4. The number of carboxylic acids is 2. The van der Waals surface area contributed by atoms with Crippen molar-refractivity contribution in [2.45, 2.75) is 13.8 Å². The van der Waals surface area contributed by atoms with Crippen LogP contribution in [0.2, 0.25) is 0 Å². The summed E-state index contributed by atoms with van der Waals surface area (Å²) in [6, 6.07) is 0. The Hall–Kier alpha value is -1.84. The largest absolute Gasteiger partial charge is 0.478 e. The van der Waals surface area contributed by atoms with Gasteiger partial charge in [0.05, 0.1) is 0 Å². The smallest absolute Gasteiger partial charge is 0.328 e. The van der Waals surface area contributed by atoms with Gasteiger partial charge in [-0.25, -0.2) is 9.59 Å². The fraction of sp³-hybridized carbons (Fsp3) is 0.200. The molecule has 0 aliphatic heterocycles. The van der Waals surface area contributed by atoms with Crippen molar-refractivity contribution in [3.8, 4) is 0 Å². The van der Waals surface area contributed by atoms with Gasteiger partial charge in [0.2, 0.25) is 0 Å². The number of carboxylic acid groups (broad SMARTS) is 2. The van der Waals surface area contributed by atoms with E-state index in [4.69, 9.17) is 10.2 Å². The minimum absolute atomic E-state index is 0.558. The van der Waals surface area contributed by atoms with Crippen LogP contribution in [0.25, 0.3) is 0 Å². The predicted octanol–water partition coefficient (Wildman–Crippen LogP) is 2.10.